The molecule has 0 bridgehead atoms. The number of H-pyrrole nitrogens is 1. The highest BCUT2D eigenvalue weighted by atomic mass is 16.2. The van der Waals surface area contributed by atoms with E-state index in [1.165, 1.54) is 5.56 Å². The lowest BCUT2D eigenvalue weighted by atomic mass is 10.1. The molecule has 1 N–H and O–H groups in total. The van der Waals surface area contributed by atoms with E-state index in [-0.39, 0.29) is 5.91 Å². The van der Waals surface area contributed by atoms with Crippen LogP contribution in [-0.2, 0) is 17.8 Å². The van der Waals surface area contributed by atoms with Gasteiger partial charge in [-0.3, -0.25) is 14.6 Å². The van der Waals surface area contributed by atoms with E-state index in [4.69, 9.17) is 0 Å². The van der Waals surface area contributed by atoms with E-state index in [1.807, 2.05) is 42.7 Å². The Kier molecular flexibility index (Phi) is 5.75. The van der Waals surface area contributed by atoms with Crippen LogP contribution in [0.3, 0.4) is 0 Å². The van der Waals surface area contributed by atoms with E-state index in [0.29, 0.717) is 6.42 Å². The summed E-state index contributed by atoms with van der Waals surface area (Å²) in [4.78, 5) is 13.9. The average Bonchev–Trinajstić information content (AvgIpc) is 3.11. The van der Waals surface area contributed by atoms with Crippen LogP contribution in [0.25, 0.3) is 0 Å². The number of amides is 1. The first-order valence-electron chi connectivity index (χ1n) is 7.79. The summed E-state index contributed by atoms with van der Waals surface area (Å²) in [6.45, 7) is 5.63. The van der Waals surface area contributed by atoms with Crippen LogP contribution in [0.5, 0.6) is 0 Å². The third kappa shape index (κ3) is 4.44. The van der Waals surface area contributed by atoms with Crippen molar-refractivity contribution in [2.75, 3.05) is 13.6 Å². The molecule has 2 rings (SSSR count). The van der Waals surface area contributed by atoms with Gasteiger partial charge in [0.15, 0.2) is 0 Å². The largest absolute Gasteiger partial charge is 0.346 e. The molecule has 6 heteroatoms. The highest BCUT2D eigenvalue weighted by Gasteiger charge is 2.10. The number of hydrogen-bond acceptors (Lipinski definition) is 3. The van der Waals surface area contributed by atoms with Gasteiger partial charge in [-0.15, -0.1) is 0 Å². The highest BCUT2D eigenvalue weighted by Crippen LogP contribution is 2.12. The van der Waals surface area contributed by atoms with Gasteiger partial charge in [0.25, 0.3) is 0 Å². The number of carbonyl (C=O) groups is 1. The SMILES string of the molecule is Cc1n[nH]c(C)c1CCCN(C)C(=O)CCCn1cccn1. The zero-order valence-corrected chi connectivity index (χ0v) is 13.7. The van der Waals surface area contributed by atoms with Gasteiger partial charge in [0.05, 0.1) is 5.69 Å². The smallest absolute Gasteiger partial charge is 0.222 e. The van der Waals surface area contributed by atoms with Gasteiger partial charge >= 0.3 is 0 Å². The molecule has 2 aromatic rings. The van der Waals surface area contributed by atoms with E-state index in [1.54, 1.807) is 6.20 Å². The molecule has 22 heavy (non-hydrogen) atoms. The molecule has 120 valence electrons. The van der Waals surface area contributed by atoms with E-state index in [0.717, 1.165) is 43.7 Å². The average molecular weight is 303 g/mol. The van der Waals surface area contributed by atoms with Gasteiger partial charge in [0.1, 0.15) is 0 Å². The molecular formula is C16H25N5O. The number of nitrogens with one attached hydrogen (secondary N) is 1. The third-order valence-electron chi connectivity index (χ3n) is 3.96. The minimum absolute atomic E-state index is 0.202. The van der Waals surface area contributed by atoms with E-state index >= 15 is 0 Å². The van der Waals surface area contributed by atoms with Crippen molar-refractivity contribution in [3.63, 3.8) is 0 Å². The lowest BCUT2D eigenvalue weighted by molar-refractivity contribution is -0.130. The molecule has 0 aliphatic heterocycles. The summed E-state index contributed by atoms with van der Waals surface area (Å²) in [5.74, 6) is 0.202. The molecule has 2 aromatic heterocycles. The first-order valence-corrected chi connectivity index (χ1v) is 7.79. The van der Waals surface area contributed by atoms with Crippen LogP contribution < -0.4 is 0 Å². The maximum atomic E-state index is 12.1. The molecule has 1 amide bonds. The number of aromatic amines is 1. The van der Waals surface area contributed by atoms with Crippen LogP contribution in [0.2, 0.25) is 0 Å². The molecule has 6 nitrogen and oxygen atoms in total. The van der Waals surface area contributed by atoms with Crippen molar-refractivity contribution in [3.8, 4) is 0 Å². The van der Waals surface area contributed by atoms with Crippen molar-refractivity contribution in [1.82, 2.24) is 24.9 Å². The fourth-order valence-corrected chi connectivity index (χ4v) is 2.58. The molecule has 0 saturated heterocycles. The zero-order valence-electron chi connectivity index (χ0n) is 13.7. The number of aryl methyl sites for hydroxylation is 3. The van der Waals surface area contributed by atoms with Crippen molar-refractivity contribution in [1.29, 1.82) is 0 Å². The van der Waals surface area contributed by atoms with Gasteiger partial charge in [-0.25, -0.2) is 0 Å². The zero-order chi connectivity index (χ0) is 15.9. The number of aromatic nitrogens is 4. The molecule has 0 aliphatic rings. The summed E-state index contributed by atoms with van der Waals surface area (Å²) in [5, 5.41) is 11.3. The Morgan fingerprint density at radius 3 is 2.82 bits per heavy atom. The quantitative estimate of drug-likeness (QED) is 0.812. The monoisotopic (exact) mass is 303 g/mol. The Hall–Kier alpha value is -2.11. The molecule has 0 fully saturated rings. The fraction of sp³-hybridized carbons (Fsp3) is 0.562. The summed E-state index contributed by atoms with van der Waals surface area (Å²) < 4.78 is 1.86. The first-order chi connectivity index (χ1) is 10.6. The van der Waals surface area contributed by atoms with Crippen LogP contribution in [0.4, 0.5) is 0 Å². The Morgan fingerprint density at radius 2 is 2.18 bits per heavy atom. The van der Waals surface area contributed by atoms with Crippen molar-refractivity contribution in [2.24, 2.45) is 0 Å². The number of rotatable bonds is 8. The molecule has 0 spiro atoms. The van der Waals surface area contributed by atoms with Gasteiger partial charge in [-0.2, -0.15) is 10.2 Å². The van der Waals surface area contributed by atoms with Crippen LogP contribution >= 0.6 is 0 Å². The summed E-state index contributed by atoms with van der Waals surface area (Å²) in [5.41, 5.74) is 3.47. The van der Waals surface area contributed by atoms with Gasteiger partial charge in [-0.1, -0.05) is 0 Å². The Labute approximate surface area is 131 Å². The van der Waals surface area contributed by atoms with Gasteiger partial charge in [-0.05, 0) is 44.7 Å². The normalized spacial score (nSPS) is 10.9. The van der Waals surface area contributed by atoms with Gasteiger partial charge in [0, 0.05) is 44.6 Å². The molecule has 0 atom stereocenters. The van der Waals surface area contributed by atoms with Crippen LogP contribution in [0.15, 0.2) is 18.5 Å². The predicted octanol–water partition coefficient (Wildman–Crippen LogP) is 2.09. The second-order valence-corrected chi connectivity index (χ2v) is 5.70. The molecule has 0 radical (unpaired) electrons. The summed E-state index contributed by atoms with van der Waals surface area (Å²) >= 11 is 0. The molecule has 2 heterocycles. The lowest BCUT2D eigenvalue weighted by Gasteiger charge is -2.17. The van der Waals surface area contributed by atoms with Crippen molar-refractivity contribution >= 4 is 5.91 Å². The predicted molar refractivity (Wildman–Crippen MR) is 85.5 cm³/mol. The minimum atomic E-state index is 0.202. The van der Waals surface area contributed by atoms with Crippen LogP contribution in [0.1, 0.15) is 36.2 Å². The van der Waals surface area contributed by atoms with Crippen molar-refractivity contribution in [2.45, 2.75) is 46.1 Å². The molecule has 0 aromatic carbocycles. The Bertz CT molecular complexity index is 568. The molecular weight excluding hydrogens is 278 g/mol. The standard InChI is InChI=1S/C16H25N5O/c1-13-15(14(2)19-18-13)7-4-10-20(3)16(22)8-5-11-21-12-6-9-17-21/h6,9,12H,4-5,7-8,10-11H2,1-3H3,(H,18,19). The van der Waals surface area contributed by atoms with E-state index in [2.05, 4.69) is 15.3 Å². The maximum Gasteiger partial charge on any atom is 0.222 e. The van der Waals surface area contributed by atoms with E-state index < -0.39 is 0 Å². The number of nitrogens with zero attached hydrogens (tertiary/aromatic N) is 4. The second kappa shape index (κ2) is 7.77. The third-order valence-corrected chi connectivity index (χ3v) is 3.96. The molecule has 0 saturated carbocycles. The van der Waals surface area contributed by atoms with Crippen molar-refractivity contribution in [3.05, 3.63) is 35.4 Å². The summed E-state index contributed by atoms with van der Waals surface area (Å²) in [7, 11) is 1.88. The van der Waals surface area contributed by atoms with Gasteiger partial charge in [0.2, 0.25) is 5.91 Å². The number of hydrogen-bond donors (Lipinski definition) is 1. The fourth-order valence-electron chi connectivity index (χ4n) is 2.58. The Balaban J connectivity index is 1.66. The Morgan fingerprint density at radius 1 is 1.36 bits per heavy atom. The van der Waals surface area contributed by atoms with E-state index in [9.17, 15) is 4.79 Å². The van der Waals surface area contributed by atoms with Crippen LogP contribution in [-0.4, -0.2) is 44.4 Å². The summed E-state index contributed by atoms with van der Waals surface area (Å²) in [6, 6.07) is 1.90. The highest BCUT2D eigenvalue weighted by molar-refractivity contribution is 5.75. The lowest BCUT2D eigenvalue weighted by Crippen LogP contribution is -2.28. The summed E-state index contributed by atoms with van der Waals surface area (Å²) in [6.07, 6.45) is 6.99. The van der Waals surface area contributed by atoms with Crippen LogP contribution in [0, 0.1) is 13.8 Å². The van der Waals surface area contributed by atoms with Crippen molar-refractivity contribution < 1.29 is 4.79 Å². The second-order valence-electron chi connectivity index (χ2n) is 5.70. The number of carbonyl (C=O) groups excluding carboxylic acids is 1. The molecule has 0 unspecified atom stereocenters. The van der Waals surface area contributed by atoms with Gasteiger partial charge < -0.3 is 4.90 Å². The topological polar surface area (TPSA) is 66.8 Å². The molecule has 0 aliphatic carbocycles. The minimum Gasteiger partial charge on any atom is -0.346 e. The maximum absolute atomic E-state index is 12.1. The first kappa shape index (κ1) is 16.3.